The standard InChI is InChI=1S/C28H36F3N3O4S/c1-20-10-4-5-11-22(20)19-33(21(2)27(36)32-24-13-6-7-14-24)26(35)16-9-17-34(39(3,37)38)25-15-8-12-23(18-25)28(29,30)31/h4-5,8,10-12,15,18,21,24H,6-7,9,13-14,16-17,19H2,1-3H3,(H,32,36)/t21-/m1/s1. The molecule has 11 heteroatoms. The lowest BCUT2D eigenvalue weighted by Gasteiger charge is -2.30. The Hall–Kier alpha value is -3.08. The summed E-state index contributed by atoms with van der Waals surface area (Å²) in [5.74, 6) is -0.588. The molecule has 0 aromatic heterocycles. The van der Waals surface area contributed by atoms with Crippen molar-refractivity contribution in [2.75, 3.05) is 17.1 Å². The molecule has 7 nitrogen and oxygen atoms in total. The molecule has 1 aliphatic carbocycles. The third-order valence-electron chi connectivity index (χ3n) is 7.08. The summed E-state index contributed by atoms with van der Waals surface area (Å²) in [5.41, 5.74) is 0.761. The molecular formula is C28H36F3N3O4S. The summed E-state index contributed by atoms with van der Waals surface area (Å²) in [6, 6.07) is 11.0. The number of hydrogen-bond donors (Lipinski definition) is 1. The average molecular weight is 568 g/mol. The number of anilines is 1. The minimum Gasteiger partial charge on any atom is -0.352 e. The predicted molar refractivity (Wildman–Crippen MR) is 144 cm³/mol. The zero-order valence-electron chi connectivity index (χ0n) is 22.5. The molecule has 0 spiro atoms. The van der Waals surface area contributed by atoms with Crippen molar-refractivity contribution in [3.05, 3.63) is 65.2 Å². The van der Waals surface area contributed by atoms with E-state index in [1.54, 1.807) is 6.92 Å². The van der Waals surface area contributed by atoms with Crippen molar-refractivity contribution in [3.8, 4) is 0 Å². The van der Waals surface area contributed by atoms with Crippen molar-refractivity contribution in [1.82, 2.24) is 10.2 Å². The molecule has 3 rings (SSSR count). The second-order valence-corrected chi connectivity index (χ2v) is 12.0. The van der Waals surface area contributed by atoms with E-state index in [9.17, 15) is 31.2 Å². The molecule has 1 fully saturated rings. The number of hydrogen-bond acceptors (Lipinski definition) is 4. The third-order valence-corrected chi connectivity index (χ3v) is 8.28. The molecule has 0 bridgehead atoms. The van der Waals surface area contributed by atoms with Crippen LogP contribution >= 0.6 is 0 Å². The predicted octanol–water partition coefficient (Wildman–Crippen LogP) is 5.04. The first-order chi connectivity index (χ1) is 18.3. The lowest BCUT2D eigenvalue weighted by molar-refractivity contribution is -0.141. The maximum Gasteiger partial charge on any atom is 0.416 e. The number of nitrogens with zero attached hydrogens (tertiary/aromatic N) is 2. The van der Waals surface area contributed by atoms with Gasteiger partial charge in [-0.1, -0.05) is 43.2 Å². The van der Waals surface area contributed by atoms with Crippen LogP contribution in [-0.4, -0.2) is 50.0 Å². The van der Waals surface area contributed by atoms with Gasteiger partial charge in [0, 0.05) is 25.6 Å². The van der Waals surface area contributed by atoms with Crippen LogP contribution in [0.15, 0.2) is 48.5 Å². The van der Waals surface area contributed by atoms with E-state index in [0.29, 0.717) is 0 Å². The van der Waals surface area contributed by atoms with Crippen molar-refractivity contribution in [3.63, 3.8) is 0 Å². The van der Waals surface area contributed by atoms with Crippen molar-refractivity contribution < 1.29 is 31.2 Å². The van der Waals surface area contributed by atoms with Gasteiger partial charge in [0.15, 0.2) is 0 Å². The summed E-state index contributed by atoms with van der Waals surface area (Å²) in [5, 5.41) is 3.04. The number of aryl methyl sites for hydroxylation is 1. The molecule has 2 aromatic rings. The molecule has 1 atom stereocenters. The second kappa shape index (κ2) is 12.8. The Kier molecular flexibility index (Phi) is 10.0. The van der Waals surface area contributed by atoms with Crippen LogP contribution in [0.1, 0.15) is 62.1 Å². The van der Waals surface area contributed by atoms with Gasteiger partial charge in [-0.15, -0.1) is 0 Å². The number of nitrogens with one attached hydrogen (secondary N) is 1. The van der Waals surface area contributed by atoms with Crippen LogP contribution in [0, 0.1) is 6.92 Å². The highest BCUT2D eigenvalue weighted by Crippen LogP contribution is 2.32. The van der Waals surface area contributed by atoms with Gasteiger partial charge in [-0.3, -0.25) is 13.9 Å². The maximum atomic E-state index is 13.4. The zero-order valence-corrected chi connectivity index (χ0v) is 23.3. The first-order valence-electron chi connectivity index (χ1n) is 13.1. The van der Waals surface area contributed by atoms with Crippen molar-refractivity contribution in [2.45, 2.75) is 77.2 Å². The topological polar surface area (TPSA) is 86.8 Å². The molecule has 0 heterocycles. The molecule has 1 saturated carbocycles. The lowest BCUT2D eigenvalue weighted by Crippen LogP contribution is -2.49. The second-order valence-electron chi connectivity index (χ2n) is 10.1. The Labute approximate surface area is 228 Å². The summed E-state index contributed by atoms with van der Waals surface area (Å²) in [6.45, 7) is 3.60. The van der Waals surface area contributed by atoms with E-state index in [2.05, 4.69) is 5.32 Å². The molecule has 2 aromatic carbocycles. The van der Waals surface area contributed by atoms with Gasteiger partial charge in [-0.05, 0) is 62.4 Å². The van der Waals surface area contributed by atoms with Crippen LogP contribution < -0.4 is 9.62 Å². The number of carbonyl (C=O) groups is 2. The Morgan fingerprint density at radius 3 is 2.36 bits per heavy atom. The van der Waals surface area contributed by atoms with E-state index in [4.69, 9.17) is 0 Å². The van der Waals surface area contributed by atoms with Crippen molar-refractivity contribution in [2.24, 2.45) is 0 Å². The Morgan fingerprint density at radius 2 is 1.74 bits per heavy atom. The molecule has 1 N–H and O–H groups in total. The molecule has 0 aliphatic heterocycles. The van der Waals surface area contributed by atoms with Gasteiger partial charge in [0.05, 0.1) is 17.5 Å². The van der Waals surface area contributed by atoms with Gasteiger partial charge in [-0.25, -0.2) is 8.42 Å². The van der Waals surface area contributed by atoms with E-state index in [0.717, 1.165) is 65.6 Å². The summed E-state index contributed by atoms with van der Waals surface area (Å²) in [6.07, 6.45) is 0.167. The smallest absolute Gasteiger partial charge is 0.352 e. The van der Waals surface area contributed by atoms with Gasteiger partial charge in [-0.2, -0.15) is 13.2 Å². The van der Waals surface area contributed by atoms with E-state index in [1.807, 2.05) is 31.2 Å². The average Bonchev–Trinajstić information content (AvgIpc) is 3.37. The van der Waals surface area contributed by atoms with Crippen LogP contribution in [-0.2, 0) is 32.3 Å². The van der Waals surface area contributed by atoms with Crippen molar-refractivity contribution in [1.29, 1.82) is 0 Å². The number of rotatable bonds is 11. The van der Waals surface area contributed by atoms with Gasteiger partial charge in [0.1, 0.15) is 6.04 Å². The third kappa shape index (κ3) is 8.45. The molecule has 2 amide bonds. The van der Waals surface area contributed by atoms with Crippen LogP contribution in [0.3, 0.4) is 0 Å². The van der Waals surface area contributed by atoms with Crippen LogP contribution in [0.2, 0.25) is 0 Å². The summed E-state index contributed by atoms with van der Waals surface area (Å²) in [7, 11) is -3.92. The fourth-order valence-corrected chi connectivity index (χ4v) is 5.74. The molecule has 39 heavy (non-hydrogen) atoms. The number of amides is 2. The van der Waals surface area contributed by atoms with E-state index < -0.39 is 27.8 Å². The SMILES string of the molecule is Cc1ccccc1CN(C(=O)CCCN(c1cccc(C(F)(F)F)c1)S(C)(=O)=O)[C@H](C)C(=O)NC1CCCC1. The minimum absolute atomic E-state index is 0.0589. The summed E-state index contributed by atoms with van der Waals surface area (Å²) >= 11 is 0. The maximum absolute atomic E-state index is 13.4. The first kappa shape index (κ1) is 30.5. The molecular weight excluding hydrogens is 531 g/mol. The Bertz CT molecular complexity index is 1260. The Balaban J connectivity index is 1.75. The largest absolute Gasteiger partial charge is 0.416 e. The number of benzene rings is 2. The lowest BCUT2D eigenvalue weighted by atomic mass is 10.1. The van der Waals surface area contributed by atoms with Gasteiger partial charge < -0.3 is 10.2 Å². The van der Waals surface area contributed by atoms with Crippen LogP contribution in [0.25, 0.3) is 0 Å². The Morgan fingerprint density at radius 1 is 1.08 bits per heavy atom. The highest BCUT2D eigenvalue weighted by atomic mass is 32.2. The minimum atomic E-state index is -4.62. The highest BCUT2D eigenvalue weighted by molar-refractivity contribution is 7.92. The van der Waals surface area contributed by atoms with E-state index >= 15 is 0 Å². The summed E-state index contributed by atoms with van der Waals surface area (Å²) in [4.78, 5) is 28.0. The number of alkyl halides is 3. The quantitative estimate of drug-likeness (QED) is 0.413. The molecule has 214 valence electrons. The first-order valence-corrected chi connectivity index (χ1v) is 14.9. The van der Waals surface area contributed by atoms with Gasteiger partial charge >= 0.3 is 6.18 Å². The number of carbonyl (C=O) groups excluding carboxylic acids is 2. The van der Waals surface area contributed by atoms with Crippen LogP contribution in [0.4, 0.5) is 18.9 Å². The molecule has 1 aliphatic rings. The number of halogens is 3. The van der Waals surface area contributed by atoms with Crippen LogP contribution in [0.5, 0.6) is 0 Å². The number of sulfonamides is 1. The van der Waals surface area contributed by atoms with E-state index in [1.165, 1.54) is 11.0 Å². The molecule has 0 radical (unpaired) electrons. The fraction of sp³-hybridized carbons (Fsp3) is 0.500. The van der Waals surface area contributed by atoms with Crippen molar-refractivity contribution >= 4 is 27.5 Å². The highest BCUT2D eigenvalue weighted by Gasteiger charge is 2.32. The fourth-order valence-electron chi connectivity index (χ4n) is 4.79. The van der Waals surface area contributed by atoms with E-state index in [-0.39, 0.29) is 49.5 Å². The van der Waals surface area contributed by atoms with Gasteiger partial charge in [0.2, 0.25) is 21.8 Å². The molecule has 0 unspecified atom stereocenters. The monoisotopic (exact) mass is 567 g/mol. The normalized spacial score (nSPS) is 15.1. The molecule has 0 saturated heterocycles. The summed E-state index contributed by atoms with van der Waals surface area (Å²) < 4.78 is 65.4. The zero-order chi connectivity index (χ0) is 28.8. The van der Waals surface area contributed by atoms with Gasteiger partial charge in [0.25, 0.3) is 0 Å².